The van der Waals surface area contributed by atoms with Crippen LogP contribution < -0.4 is 11.1 Å². The molecule has 0 aliphatic rings. The molecule has 2 atom stereocenters. The summed E-state index contributed by atoms with van der Waals surface area (Å²) < 4.78 is 6.02. The van der Waals surface area contributed by atoms with Crippen molar-refractivity contribution in [3.63, 3.8) is 0 Å². The van der Waals surface area contributed by atoms with E-state index in [9.17, 15) is 19.5 Å². The topological polar surface area (TPSA) is 119 Å². The number of rotatable bonds is 40. The summed E-state index contributed by atoms with van der Waals surface area (Å²) in [7, 11) is 0. The molecule has 0 rings (SSSR count). The summed E-state index contributed by atoms with van der Waals surface area (Å²) in [5.74, 6) is -1.27. The fourth-order valence-corrected chi connectivity index (χ4v) is 6.46. The zero-order valence-corrected chi connectivity index (χ0v) is 35.1. The number of amides is 1. The zero-order chi connectivity index (χ0) is 39.6. The molecule has 1 amide bonds. The highest BCUT2D eigenvalue weighted by Crippen LogP contribution is 2.18. The summed E-state index contributed by atoms with van der Waals surface area (Å²) >= 11 is 0. The van der Waals surface area contributed by atoms with E-state index >= 15 is 0 Å². The Kier molecular flexibility index (Phi) is 39.4. The number of carbonyl (C=O) groups excluding carboxylic acids is 2. The molecule has 0 aliphatic heterocycles. The van der Waals surface area contributed by atoms with Crippen LogP contribution in [0.25, 0.3) is 0 Å². The molecule has 0 aromatic heterocycles. The van der Waals surface area contributed by atoms with Crippen molar-refractivity contribution in [3.8, 4) is 0 Å². The lowest BCUT2D eigenvalue weighted by Crippen LogP contribution is -2.40. The van der Waals surface area contributed by atoms with Crippen molar-refractivity contribution in [2.45, 2.75) is 225 Å². The Morgan fingerprint density at radius 1 is 0.537 bits per heavy atom. The summed E-state index contributed by atoms with van der Waals surface area (Å²) in [5, 5.41) is 11.9. The van der Waals surface area contributed by atoms with E-state index in [0.29, 0.717) is 32.2 Å². The van der Waals surface area contributed by atoms with Crippen LogP contribution in [-0.2, 0) is 19.1 Å². The second kappa shape index (κ2) is 41.5. The van der Waals surface area contributed by atoms with Gasteiger partial charge < -0.3 is 20.9 Å². The highest BCUT2D eigenvalue weighted by molar-refractivity contribution is 5.83. The Labute approximate surface area is 332 Å². The number of carboxylic acids is 1. The molecule has 312 valence electrons. The van der Waals surface area contributed by atoms with E-state index in [4.69, 9.17) is 10.5 Å². The molecule has 0 fully saturated rings. The zero-order valence-electron chi connectivity index (χ0n) is 35.1. The average Bonchev–Trinajstić information content (AvgIpc) is 3.16. The molecule has 2 unspecified atom stereocenters. The van der Waals surface area contributed by atoms with E-state index in [1.165, 1.54) is 89.9 Å². The number of aliphatic carboxylic acids is 1. The highest BCUT2D eigenvalue weighted by Gasteiger charge is 2.19. The number of ether oxygens (including phenoxy) is 1. The summed E-state index contributed by atoms with van der Waals surface area (Å²) in [5.41, 5.74) is 5.48. The van der Waals surface area contributed by atoms with Crippen molar-refractivity contribution in [2.24, 2.45) is 5.73 Å². The minimum absolute atomic E-state index is 0.0347. The molecule has 0 bridgehead atoms. The maximum absolute atomic E-state index is 12.8. The first-order valence-corrected chi connectivity index (χ1v) is 22.5. The van der Waals surface area contributed by atoms with Crippen molar-refractivity contribution in [1.82, 2.24) is 5.32 Å². The molecule has 7 nitrogen and oxygen atoms in total. The number of allylic oxidation sites excluding steroid dienone is 8. The molecule has 0 radical (unpaired) electrons. The first kappa shape index (κ1) is 51.3. The third kappa shape index (κ3) is 37.6. The van der Waals surface area contributed by atoms with Gasteiger partial charge in [-0.2, -0.15) is 0 Å². The van der Waals surface area contributed by atoms with Gasteiger partial charge in [0, 0.05) is 12.8 Å². The predicted octanol–water partition coefficient (Wildman–Crippen LogP) is 12.8. The lowest BCUT2D eigenvalue weighted by atomic mass is 10.0. The average molecular weight is 757 g/mol. The van der Waals surface area contributed by atoms with Crippen molar-refractivity contribution in [1.29, 1.82) is 0 Å². The summed E-state index contributed by atoms with van der Waals surface area (Å²) in [6.45, 7) is 4.89. The standard InChI is InChI=1S/C47H84N2O5/c1-3-5-7-9-11-13-15-16-17-18-19-20-22-24-26-31-35-41-46(51)54-43(37-32-28-25-23-21-14-12-10-8-6-4-2)38-33-29-27-30-34-40-45(50)49-44(47(52)53)39-36-42-48/h11-14,16-17,23,25,43-44H,3-10,15,18-22,24,26-42,48H2,1-2H3,(H,49,50)(H,52,53)/b13-11-,14-12-,17-16-,25-23-. The summed E-state index contributed by atoms with van der Waals surface area (Å²) in [6, 6.07) is -0.862. The van der Waals surface area contributed by atoms with Crippen molar-refractivity contribution in [2.75, 3.05) is 6.54 Å². The second-order valence-corrected chi connectivity index (χ2v) is 15.1. The molecular formula is C47H84N2O5. The number of nitrogens with one attached hydrogen (secondary N) is 1. The van der Waals surface area contributed by atoms with E-state index < -0.39 is 12.0 Å². The maximum atomic E-state index is 12.8. The molecule has 0 saturated heterocycles. The minimum atomic E-state index is -1.01. The van der Waals surface area contributed by atoms with Gasteiger partial charge >= 0.3 is 11.9 Å². The van der Waals surface area contributed by atoms with E-state index in [2.05, 4.69) is 67.8 Å². The van der Waals surface area contributed by atoms with Gasteiger partial charge in [0.1, 0.15) is 12.1 Å². The second-order valence-electron chi connectivity index (χ2n) is 15.1. The van der Waals surface area contributed by atoms with E-state index in [1.54, 1.807) is 0 Å². The van der Waals surface area contributed by atoms with Crippen molar-refractivity contribution in [3.05, 3.63) is 48.6 Å². The van der Waals surface area contributed by atoms with Gasteiger partial charge in [-0.05, 0) is 116 Å². The largest absolute Gasteiger partial charge is 0.480 e. The van der Waals surface area contributed by atoms with E-state index in [0.717, 1.165) is 83.5 Å². The molecule has 0 saturated carbocycles. The van der Waals surface area contributed by atoms with Crippen molar-refractivity contribution < 1.29 is 24.2 Å². The van der Waals surface area contributed by atoms with Gasteiger partial charge in [0.05, 0.1) is 0 Å². The quantitative estimate of drug-likeness (QED) is 0.0325. The Morgan fingerprint density at radius 2 is 0.981 bits per heavy atom. The maximum Gasteiger partial charge on any atom is 0.326 e. The van der Waals surface area contributed by atoms with Crippen LogP contribution in [0.15, 0.2) is 48.6 Å². The number of hydrogen-bond donors (Lipinski definition) is 3. The molecule has 0 spiro atoms. The third-order valence-electron chi connectivity index (χ3n) is 9.87. The van der Waals surface area contributed by atoms with Gasteiger partial charge in [0.25, 0.3) is 0 Å². The summed E-state index contributed by atoms with van der Waals surface area (Å²) in [6.07, 6.45) is 50.1. The monoisotopic (exact) mass is 757 g/mol. The Hall–Kier alpha value is -2.67. The molecule has 0 aromatic carbocycles. The van der Waals surface area contributed by atoms with Gasteiger partial charge in [0.15, 0.2) is 0 Å². The fraction of sp³-hybridized carbons (Fsp3) is 0.766. The number of unbranched alkanes of at least 4 members (excludes halogenated alkanes) is 18. The number of hydrogen-bond acceptors (Lipinski definition) is 5. The molecule has 0 aromatic rings. The number of carbonyl (C=O) groups is 3. The Morgan fingerprint density at radius 3 is 1.50 bits per heavy atom. The first-order chi connectivity index (χ1) is 26.4. The molecule has 7 heteroatoms. The number of nitrogens with two attached hydrogens (primary N) is 1. The van der Waals surface area contributed by atoms with Gasteiger partial charge in [-0.3, -0.25) is 9.59 Å². The minimum Gasteiger partial charge on any atom is -0.480 e. The van der Waals surface area contributed by atoms with E-state index in [-0.39, 0.29) is 18.0 Å². The van der Waals surface area contributed by atoms with E-state index in [1.807, 2.05) is 0 Å². The van der Waals surface area contributed by atoms with Crippen molar-refractivity contribution >= 4 is 17.8 Å². The molecule has 54 heavy (non-hydrogen) atoms. The van der Waals surface area contributed by atoms with Crippen LogP contribution in [0.1, 0.15) is 213 Å². The van der Waals surface area contributed by atoms with Crippen LogP contribution in [0.4, 0.5) is 0 Å². The smallest absolute Gasteiger partial charge is 0.326 e. The van der Waals surface area contributed by atoms with Crippen LogP contribution in [0.5, 0.6) is 0 Å². The van der Waals surface area contributed by atoms with Crippen LogP contribution in [-0.4, -0.2) is 41.6 Å². The predicted molar refractivity (Wildman–Crippen MR) is 230 cm³/mol. The van der Waals surface area contributed by atoms with Gasteiger partial charge in [-0.15, -0.1) is 0 Å². The van der Waals surface area contributed by atoms with Crippen LogP contribution in [0.2, 0.25) is 0 Å². The molecule has 4 N–H and O–H groups in total. The van der Waals surface area contributed by atoms with Gasteiger partial charge in [0.2, 0.25) is 5.91 Å². The van der Waals surface area contributed by atoms with Gasteiger partial charge in [-0.1, -0.05) is 140 Å². The Bertz CT molecular complexity index is 989. The van der Waals surface area contributed by atoms with Crippen LogP contribution in [0.3, 0.4) is 0 Å². The highest BCUT2D eigenvalue weighted by atomic mass is 16.5. The SMILES string of the molecule is CCCCC/C=C\C/C=C\CCCCCCCCCC(=O)OC(CCC/C=C\C/C=C\CCCCC)CCCCCCCC(=O)NC(CCCN)C(=O)O. The van der Waals surface area contributed by atoms with Gasteiger partial charge in [-0.25, -0.2) is 4.79 Å². The Balaban J connectivity index is 4.35. The van der Waals surface area contributed by atoms with Crippen LogP contribution in [0, 0.1) is 0 Å². The normalized spacial score (nSPS) is 13.1. The lowest BCUT2D eigenvalue weighted by Gasteiger charge is -2.18. The third-order valence-corrected chi connectivity index (χ3v) is 9.87. The first-order valence-electron chi connectivity index (χ1n) is 22.5. The molecule has 0 aliphatic carbocycles. The summed E-state index contributed by atoms with van der Waals surface area (Å²) in [4.78, 5) is 36.4. The lowest BCUT2D eigenvalue weighted by molar-refractivity contribution is -0.150. The fourth-order valence-electron chi connectivity index (χ4n) is 6.46. The van der Waals surface area contributed by atoms with Crippen LogP contribution >= 0.6 is 0 Å². The molecule has 0 heterocycles. The number of carboxylic acid groups (broad SMARTS) is 1. The number of esters is 1. The molecular weight excluding hydrogens is 673 g/mol.